The maximum absolute atomic E-state index is 12.5. The van der Waals surface area contributed by atoms with Crippen LogP contribution in [0.5, 0.6) is 5.75 Å². The van der Waals surface area contributed by atoms with Crippen LogP contribution < -0.4 is 10.1 Å². The van der Waals surface area contributed by atoms with Crippen LogP contribution in [0.3, 0.4) is 0 Å². The van der Waals surface area contributed by atoms with Gasteiger partial charge in [-0.2, -0.15) is 0 Å². The van der Waals surface area contributed by atoms with E-state index < -0.39 is 0 Å². The lowest BCUT2D eigenvalue weighted by atomic mass is 10.1. The maximum Gasteiger partial charge on any atom is 0.272 e. The van der Waals surface area contributed by atoms with Gasteiger partial charge in [0.15, 0.2) is 0 Å². The second-order valence-corrected chi connectivity index (χ2v) is 6.17. The number of morpholine rings is 1. The molecule has 1 N–H and O–H groups in total. The molecule has 0 unspecified atom stereocenters. The Balaban J connectivity index is 1.57. The first kappa shape index (κ1) is 18.8. The first-order chi connectivity index (χ1) is 13.2. The molecular weight excluding hydrogens is 346 g/mol. The van der Waals surface area contributed by atoms with E-state index in [0.29, 0.717) is 39.3 Å². The molecule has 0 aliphatic carbocycles. The fraction of sp³-hybridized carbons (Fsp3) is 0.350. The minimum absolute atomic E-state index is 0.177. The molecule has 0 atom stereocenters. The predicted octanol–water partition coefficient (Wildman–Crippen LogP) is 1.54. The highest BCUT2D eigenvalue weighted by Gasteiger charge is 2.20. The van der Waals surface area contributed by atoms with Gasteiger partial charge in [-0.15, -0.1) is 0 Å². The summed E-state index contributed by atoms with van der Waals surface area (Å²) in [5, 5.41) is 2.84. The summed E-state index contributed by atoms with van der Waals surface area (Å²) in [6.45, 7) is 2.59. The van der Waals surface area contributed by atoms with Gasteiger partial charge in [0.05, 0.1) is 20.3 Å². The van der Waals surface area contributed by atoms with E-state index >= 15 is 0 Å². The van der Waals surface area contributed by atoms with Crippen LogP contribution in [0.4, 0.5) is 0 Å². The van der Waals surface area contributed by atoms with Gasteiger partial charge < -0.3 is 19.7 Å². The highest BCUT2D eigenvalue weighted by Crippen LogP contribution is 2.12. The molecule has 2 aromatic rings. The van der Waals surface area contributed by atoms with Crippen molar-refractivity contribution >= 4 is 11.8 Å². The fourth-order valence-electron chi connectivity index (χ4n) is 2.85. The first-order valence-electron chi connectivity index (χ1n) is 8.92. The summed E-state index contributed by atoms with van der Waals surface area (Å²) < 4.78 is 10.5. The fourth-order valence-corrected chi connectivity index (χ4v) is 2.85. The first-order valence-corrected chi connectivity index (χ1v) is 8.92. The van der Waals surface area contributed by atoms with E-state index in [1.165, 1.54) is 0 Å². The molecule has 1 saturated heterocycles. The van der Waals surface area contributed by atoms with Gasteiger partial charge in [-0.05, 0) is 36.2 Å². The highest BCUT2D eigenvalue weighted by molar-refractivity contribution is 5.96. The molecule has 1 aromatic carbocycles. The number of nitrogens with zero attached hydrogens (tertiary/aromatic N) is 2. The average Bonchev–Trinajstić information content (AvgIpc) is 2.74. The quantitative estimate of drug-likeness (QED) is 0.835. The van der Waals surface area contributed by atoms with E-state index in [-0.39, 0.29) is 23.2 Å². The Morgan fingerprint density at radius 1 is 1.15 bits per heavy atom. The molecule has 7 heteroatoms. The van der Waals surface area contributed by atoms with E-state index in [2.05, 4.69) is 10.3 Å². The summed E-state index contributed by atoms with van der Waals surface area (Å²) >= 11 is 0. The summed E-state index contributed by atoms with van der Waals surface area (Å²) in [6.07, 6.45) is 0.676. The number of ether oxygens (including phenoxy) is 2. The molecular formula is C20H23N3O4. The molecule has 2 amide bonds. The number of carbonyl (C=O) groups excluding carboxylic acids is 2. The van der Waals surface area contributed by atoms with Crippen LogP contribution in [-0.4, -0.2) is 61.7 Å². The predicted molar refractivity (Wildman–Crippen MR) is 100.0 cm³/mol. The zero-order valence-electron chi connectivity index (χ0n) is 15.3. The van der Waals surface area contributed by atoms with Gasteiger partial charge >= 0.3 is 0 Å². The largest absolute Gasteiger partial charge is 0.497 e. The summed E-state index contributed by atoms with van der Waals surface area (Å²) in [5.74, 6) is 0.314. The van der Waals surface area contributed by atoms with Crippen molar-refractivity contribution in [3.05, 3.63) is 59.4 Å². The second-order valence-electron chi connectivity index (χ2n) is 6.17. The Kier molecular flexibility index (Phi) is 6.38. The van der Waals surface area contributed by atoms with Gasteiger partial charge in [0.25, 0.3) is 11.8 Å². The van der Waals surface area contributed by atoms with Crippen molar-refractivity contribution in [3.8, 4) is 5.75 Å². The molecule has 1 fully saturated rings. The molecule has 0 spiro atoms. The average molecular weight is 369 g/mol. The van der Waals surface area contributed by atoms with E-state index in [0.717, 1.165) is 11.3 Å². The maximum atomic E-state index is 12.5. The zero-order valence-corrected chi connectivity index (χ0v) is 15.3. The lowest BCUT2D eigenvalue weighted by molar-refractivity contribution is 0.0299. The number of methoxy groups -OCH3 is 1. The lowest BCUT2D eigenvalue weighted by Gasteiger charge is -2.26. The Bertz CT molecular complexity index is 803. The van der Waals surface area contributed by atoms with E-state index in [9.17, 15) is 9.59 Å². The number of nitrogens with one attached hydrogen (secondary N) is 1. The summed E-state index contributed by atoms with van der Waals surface area (Å²) in [4.78, 5) is 30.8. The number of amides is 2. The molecule has 1 aromatic heterocycles. The van der Waals surface area contributed by atoms with Crippen LogP contribution in [0, 0.1) is 0 Å². The van der Waals surface area contributed by atoms with Crippen LogP contribution in [0.25, 0.3) is 0 Å². The van der Waals surface area contributed by atoms with Crippen LogP contribution >= 0.6 is 0 Å². The van der Waals surface area contributed by atoms with Gasteiger partial charge in [0.2, 0.25) is 0 Å². The van der Waals surface area contributed by atoms with E-state index in [1.807, 2.05) is 24.3 Å². The lowest BCUT2D eigenvalue weighted by Crippen LogP contribution is -2.41. The highest BCUT2D eigenvalue weighted by atomic mass is 16.5. The SMILES string of the molecule is COc1cccc(CCNC(=O)c2cccc(C(=O)N3CCOCC3)n2)c1. The molecule has 0 saturated carbocycles. The van der Waals surface area contributed by atoms with E-state index in [4.69, 9.17) is 9.47 Å². The summed E-state index contributed by atoms with van der Waals surface area (Å²) in [6, 6.07) is 12.6. The summed E-state index contributed by atoms with van der Waals surface area (Å²) in [7, 11) is 1.62. The Morgan fingerprint density at radius 2 is 1.89 bits per heavy atom. The van der Waals surface area contributed by atoms with Gasteiger partial charge in [-0.25, -0.2) is 4.98 Å². The van der Waals surface area contributed by atoms with Crippen LogP contribution in [0.1, 0.15) is 26.5 Å². The Hall–Kier alpha value is -2.93. The van der Waals surface area contributed by atoms with Crippen molar-refractivity contribution in [3.63, 3.8) is 0 Å². The van der Waals surface area contributed by atoms with E-state index in [1.54, 1.807) is 30.2 Å². The van der Waals surface area contributed by atoms with Gasteiger partial charge in [0, 0.05) is 19.6 Å². The minimum Gasteiger partial charge on any atom is -0.497 e. The zero-order chi connectivity index (χ0) is 19.1. The van der Waals surface area contributed by atoms with Crippen molar-refractivity contribution in [2.24, 2.45) is 0 Å². The number of hydrogen-bond donors (Lipinski definition) is 1. The number of carbonyl (C=O) groups is 2. The molecule has 0 radical (unpaired) electrons. The van der Waals surface area contributed by atoms with Crippen LogP contribution in [0.2, 0.25) is 0 Å². The topological polar surface area (TPSA) is 80.8 Å². The summed E-state index contributed by atoms with van der Waals surface area (Å²) in [5.41, 5.74) is 1.58. The van der Waals surface area contributed by atoms with Crippen molar-refractivity contribution in [2.45, 2.75) is 6.42 Å². The number of hydrogen-bond acceptors (Lipinski definition) is 5. The normalized spacial score (nSPS) is 13.9. The van der Waals surface area contributed by atoms with Crippen LogP contribution in [0.15, 0.2) is 42.5 Å². The number of rotatable bonds is 6. The van der Waals surface area contributed by atoms with Gasteiger partial charge in [-0.3, -0.25) is 9.59 Å². The third-order valence-electron chi connectivity index (χ3n) is 4.33. The van der Waals surface area contributed by atoms with Gasteiger partial charge in [0.1, 0.15) is 17.1 Å². The molecule has 27 heavy (non-hydrogen) atoms. The number of benzene rings is 1. The molecule has 3 rings (SSSR count). The number of pyridine rings is 1. The third-order valence-corrected chi connectivity index (χ3v) is 4.33. The molecule has 2 heterocycles. The van der Waals surface area contributed by atoms with Gasteiger partial charge in [-0.1, -0.05) is 18.2 Å². The van der Waals surface area contributed by atoms with Crippen molar-refractivity contribution in [2.75, 3.05) is 40.0 Å². The third kappa shape index (κ3) is 5.04. The van der Waals surface area contributed by atoms with Crippen molar-refractivity contribution in [1.82, 2.24) is 15.2 Å². The monoisotopic (exact) mass is 369 g/mol. The molecule has 1 aliphatic heterocycles. The second kappa shape index (κ2) is 9.14. The molecule has 1 aliphatic rings. The Labute approximate surface area is 158 Å². The number of aromatic nitrogens is 1. The molecule has 0 bridgehead atoms. The molecule has 7 nitrogen and oxygen atoms in total. The van der Waals surface area contributed by atoms with Crippen LogP contribution in [-0.2, 0) is 11.2 Å². The van der Waals surface area contributed by atoms with Crippen molar-refractivity contribution in [1.29, 1.82) is 0 Å². The smallest absolute Gasteiger partial charge is 0.272 e. The minimum atomic E-state index is -0.297. The van der Waals surface area contributed by atoms with Crippen molar-refractivity contribution < 1.29 is 19.1 Å². The standard InChI is InChI=1S/C20H23N3O4/c1-26-16-5-2-4-15(14-16)8-9-21-19(24)17-6-3-7-18(22-17)20(25)23-10-12-27-13-11-23/h2-7,14H,8-13H2,1H3,(H,21,24). The molecule has 142 valence electrons. The Morgan fingerprint density at radius 3 is 2.67 bits per heavy atom.